The van der Waals surface area contributed by atoms with Crippen LogP contribution in [0.3, 0.4) is 0 Å². The number of aromatic nitrogens is 2. The molecule has 2 aromatic rings. The molecule has 148 valence electrons. The molecule has 6 nitrogen and oxygen atoms in total. The molecule has 4 rings (SSSR count). The topological polar surface area (TPSA) is 64.5 Å². The number of hydrogen-bond donors (Lipinski definition) is 0. The maximum Gasteiger partial charge on any atom is 0.255 e. The van der Waals surface area contributed by atoms with Gasteiger partial charge in [-0.1, -0.05) is 6.07 Å². The maximum absolute atomic E-state index is 12.8. The van der Waals surface area contributed by atoms with Crippen molar-refractivity contribution < 1.29 is 14.3 Å². The van der Waals surface area contributed by atoms with Gasteiger partial charge in [0.25, 0.3) is 5.91 Å². The fourth-order valence-corrected chi connectivity index (χ4v) is 4.56. The number of rotatable bonds is 5. The van der Waals surface area contributed by atoms with Gasteiger partial charge in [-0.25, -0.2) is 9.97 Å². The smallest absolute Gasteiger partial charge is 0.255 e. The van der Waals surface area contributed by atoms with E-state index in [1.807, 2.05) is 47.9 Å². The van der Waals surface area contributed by atoms with E-state index in [2.05, 4.69) is 9.97 Å². The SMILES string of the molecule is Cc1cccc(OC2CCN(C(=O)c3ccc(OC4CCSC4)nc3)CC2)n1. The minimum Gasteiger partial charge on any atom is -0.474 e. The molecule has 2 aromatic heterocycles. The summed E-state index contributed by atoms with van der Waals surface area (Å²) in [5.41, 5.74) is 1.55. The molecule has 7 heteroatoms. The first kappa shape index (κ1) is 19.1. The van der Waals surface area contributed by atoms with Crippen LogP contribution in [0.4, 0.5) is 0 Å². The molecule has 2 aliphatic rings. The summed E-state index contributed by atoms with van der Waals surface area (Å²) >= 11 is 1.90. The molecule has 1 unspecified atom stereocenters. The number of carbonyl (C=O) groups is 1. The molecule has 0 N–H and O–H groups in total. The van der Waals surface area contributed by atoms with Gasteiger partial charge in [-0.2, -0.15) is 11.8 Å². The van der Waals surface area contributed by atoms with Crippen molar-refractivity contribution in [2.75, 3.05) is 24.6 Å². The van der Waals surface area contributed by atoms with Crippen LogP contribution in [-0.2, 0) is 0 Å². The maximum atomic E-state index is 12.8. The van der Waals surface area contributed by atoms with Gasteiger partial charge in [0.15, 0.2) is 0 Å². The van der Waals surface area contributed by atoms with Crippen LogP contribution in [0.15, 0.2) is 36.5 Å². The van der Waals surface area contributed by atoms with Gasteiger partial charge in [-0.15, -0.1) is 0 Å². The first-order valence-corrected chi connectivity index (χ1v) is 10.9. The molecular formula is C21H25N3O3S. The van der Waals surface area contributed by atoms with Crippen molar-refractivity contribution in [1.82, 2.24) is 14.9 Å². The van der Waals surface area contributed by atoms with E-state index in [1.165, 1.54) is 0 Å². The number of nitrogens with zero attached hydrogens (tertiary/aromatic N) is 3. The quantitative estimate of drug-likeness (QED) is 0.768. The van der Waals surface area contributed by atoms with E-state index in [-0.39, 0.29) is 18.1 Å². The van der Waals surface area contributed by atoms with Crippen molar-refractivity contribution in [1.29, 1.82) is 0 Å². The molecule has 0 bridgehead atoms. The minimum atomic E-state index is 0.0163. The number of aryl methyl sites for hydroxylation is 1. The second-order valence-electron chi connectivity index (χ2n) is 7.22. The Hall–Kier alpha value is -2.28. The summed E-state index contributed by atoms with van der Waals surface area (Å²) in [4.78, 5) is 23.3. The minimum absolute atomic E-state index is 0.0163. The Morgan fingerprint density at radius 1 is 1.07 bits per heavy atom. The molecule has 1 amide bonds. The van der Waals surface area contributed by atoms with Gasteiger partial charge >= 0.3 is 0 Å². The van der Waals surface area contributed by atoms with E-state index in [4.69, 9.17) is 9.47 Å². The summed E-state index contributed by atoms with van der Waals surface area (Å²) in [7, 11) is 0. The van der Waals surface area contributed by atoms with Crippen LogP contribution in [0.25, 0.3) is 0 Å². The number of piperidine rings is 1. The first-order chi connectivity index (χ1) is 13.7. The number of hydrogen-bond acceptors (Lipinski definition) is 6. The van der Waals surface area contributed by atoms with Crippen molar-refractivity contribution in [3.05, 3.63) is 47.8 Å². The normalized spacial score (nSPS) is 20.2. The predicted molar refractivity (Wildman–Crippen MR) is 109 cm³/mol. The van der Waals surface area contributed by atoms with Gasteiger partial charge in [0.05, 0.1) is 5.56 Å². The fourth-order valence-electron chi connectivity index (χ4n) is 3.47. The lowest BCUT2D eigenvalue weighted by atomic mass is 10.1. The van der Waals surface area contributed by atoms with Crippen LogP contribution in [-0.4, -0.2) is 57.6 Å². The third-order valence-electron chi connectivity index (χ3n) is 5.04. The Bertz CT molecular complexity index is 801. The highest BCUT2D eigenvalue weighted by Crippen LogP contribution is 2.23. The number of ether oxygens (including phenoxy) is 2. The van der Waals surface area contributed by atoms with Crippen LogP contribution in [0.1, 0.15) is 35.3 Å². The largest absolute Gasteiger partial charge is 0.474 e. The Balaban J connectivity index is 1.28. The third-order valence-corrected chi connectivity index (χ3v) is 6.17. The standard InChI is InChI=1S/C21H25N3O3S/c1-15-3-2-4-20(23-15)26-17-7-10-24(11-8-17)21(25)16-5-6-19(22-13-16)27-18-9-12-28-14-18/h2-6,13,17-18H,7-12,14H2,1H3. The van der Waals surface area contributed by atoms with Gasteiger partial charge in [0.2, 0.25) is 11.8 Å². The average Bonchev–Trinajstić information content (AvgIpc) is 3.22. The molecule has 0 radical (unpaired) electrons. The second kappa shape index (κ2) is 8.82. The predicted octanol–water partition coefficient (Wildman–Crippen LogP) is 3.35. The zero-order valence-corrected chi connectivity index (χ0v) is 16.9. The summed E-state index contributed by atoms with van der Waals surface area (Å²) in [5, 5.41) is 0. The van der Waals surface area contributed by atoms with Crippen molar-refractivity contribution in [3.8, 4) is 11.8 Å². The Labute approximate surface area is 169 Å². The van der Waals surface area contributed by atoms with Crippen LogP contribution in [0.2, 0.25) is 0 Å². The molecule has 0 aromatic carbocycles. The highest BCUT2D eigenvalue weighted by atomic mass is 32.2. The van der Waals surface area contributed by atoms with Crippen molar-refractivity contribution >= 4 is 17.7 Å². The molecule has 1 atom stereocenters. The van der Waals surface area contributed by atoms with Gasteiger partial charge in [-0.3, -0.25) is 4.79 Å². The lowest BCUT2D eigenvalue weighted by Gasteiger charge is -2.32. The van der Waals surface area contributed by atoms with Gasteiger partial charge in [0.1, 0.15) is 12.2 Å². The molecule has 0 aliphatic carbocycles. The van der Waals surface area contributed by atoms with Crippen molar-refractivity contribution in [2.24, 2.45) is 0 Å². The summed E-state index contributed by atoms with van der Waals surface area (Å²) in [6.07, 6.45) is 4.61. The summed E-state index contributed by atoms with van der Waals surface area (Å²) in [5.74, 6) is 3.42. The average molecular weight is 400 g/mol. The van der Waals surface area contributed by atoms with E-state index in [0.29, 0.717) is 30.4 Å². The summed E-state index contributed by atoms with van der Waals surface area (Å²) in [6, 6.07) is 9.39. The van der Waals surface area contributed by atoms with Crippen LogP contribution >= 0.6 is 11.8 Å². The molecule has 4 heterocycles. The van der Waals surface area contributed by atoms with Crippen LogP contribution < -0.4 is 9.47 Å². The molecular weight excluding hydrogens is 374 g/mol. The van der Waals surface area contributed by atoms with E-state index < -0.39 is 0 Å². The number of carbonyl (C=O) groups excluding carboxylic acids is 1. The number of pyridine rings is 2. The molecule has 2 fully saturated rings. The Morgan fingerprint density at radius 3 is 2.57 bits per heavy atom. The van der Waals surface area contributed by atoms with Crippen molar-refractivity contribution in [2.45, 2.75) is 38.4 Å². The van der Waals surface area contributed by atoms with E-state index in [1.54, 1.807) is 12.3 Å². The zero-order valence-electron chi connectivity index (χ0n) is 16.0. The highest BCUT2D eigenvalue weighted by Gasteiger charge is 2.25. The van der Waals surface area contributed by atoms with Crippen LogP contribution in [0, 0.1) is 6.92 Å². The Morgan fingerprint density at radius 2 is 1.89 bits per heavy atom. The van der Waals surface area contributed by atoms with Crippen molar-refractivity contribution in [3.63, 3.8) is 0 Å². The van der Waals surface area contributed by atoms with Gasteiger partial charge in [0, 0.05) is 55.7 Å². The van der Waals surface area contributed by atoms with Gasteiger partial charge in [-0.05, 0) is 31.2 Å². The number of likely N-dealkylation sites (tertiary alicyclic amines) is 1. The zero-order chi connectivity index (χ0) is 19.3. The fraction of sp³-hybridized carbons (Fsp3) is 0.476. The number of amides is 1. The highest BCUT2D eigenvalue weighted by molar-refractivity contribution is 7.99. The summed E-state index contributed by atoms with van der Waals surface area (Å²) in [6.45, 7) is 3.30. The second-order valence-corrected chi connectivity index (χ2v) is 8.37. The number of thioether (sulfide) groups is 1. The Kier molecular flexibility index (Phi) is 6.00. The van der Waals surface area contributed by atoms with E-state index in [0.717, 1.165) is 36.5 Å². The summed E-state index contributed by atoms with van der Waals surface area (Å²) < 4.78 is 11.8. The molecule has 0 saturated carbocycles. The van der Waals surface area contributed by atoms with E-state index in [9.17, 15) is 4.79 Å². The monoisotopic (exact) mass is 399 g/mol. The van der Waals surface area contributed by atoms with Gasteiger partial charge < -0.3 is 14.4 Å². The first-order valence-electron chi connectivity index (χ1n) is 9.77. The lowest BCUT2D eigenvalue weighted by molar-refractivity contribution is 0.0587. The van der Waals surface area contributed by atoms with E-state index >= 15 is 0 Å². The third kappa shape index (κ3) is 4.76. The molecule has 0 spiro atoms. The molecule has 2 saturated heterocycles. The molecule has 28 heavy (non-hydrogen) atoms. The lowest BCUT2D eigenvalue weighted by Crippen LogP contribution is -2.41. The van der Waals surface area contributed by atoms with Crippen LogP contribution in [0.5, 0.6) is 11.8 Å². The molecule has 2 aliphatic heterocycles.